The predicted octanol–water partition coefficient (Wildman–Crippen LogP) is 10.0. The van der Waals surface area contributed by atoms with Crippen LogP contribution in [0.25, 0.3) is 5.69 Å². The van der Waals surface area contributed by atoms with Crippen LogP contribution in [0, 0.1) is 5.92 Å². The molecule has 4 nitrogen and oxygen atoms in total. The number of hydrogen-bond acceptors (Lipinski definition) is 2. The number of anilines is 1. The van der Waals surface area contributed by atoms with Crippen molar-refractivity contribution in [2.24, 2.45) is 5.92 Å². The first kappa shape index (κ1) is 32.1. The number of nitrogens with zero attached hydrogens (tertiary/aromatic N) is 1. The first-order valence-electron chi connectivity index (χ1n) is 15.1. The van der Waals surface area contributed by atoms with Crippen LogP contribution in [-0.4, -0.2) is 17.0 Å². The van der Waals surface area contributed by atoms with Crippen LogP contribution in [0.15, 0.2) is 72.8 Å². The van der Waals surface area contributed by atoms with E-state index < -0.39 is 17.6 Å². The molecule has 4 aromatic rings. The Bertz CT molecular complexity index is 1630. The predicted molar refractivity (Wildman–Crippen MR) is 172 cm³/mol. The van der Waals surface area contributed by atoms with Gasteiger partial charge in [-0.2, -0.15) is 13.2 Å². The molecule has 0 saturated heterocycles. The standard InChI is InChI=1S/C35H36Cl2F3N3O/c1-3-5-8-22-9-6-12-27(17-22)43-31(4-2)29(35(38,39)40)20-32(43)34(44)42-26-11-7-10-24(18-26)33(41-21-23-13-14-23)28-16-15-25(36)19-30(28)37/h6-7,9-12,15-20,23,33,41H,3-5,8,13-14,21H2,1-2H3,(H,42,44). The second-order valence-electron chi connectivity index (χ2n) is 11.4. The van der Waals surface area contributed by atoms with Gasteiger partial charge in [-0.3, -0.25) is 4.79 Å². The van der Waals surface area contributed by atoms with Crippen LogP contribution in [-0.2, 0) is 19.0 Å². The summed E-state index contributed by atoms with van der Waals surface area (Å²) in [6.07, 6.45) is 0.610. The number of carbonyl (C=O) groups is 1. The molecule has 0 spiro atoms. The second-order valence-corrected chi connectivity index (χ2v) is 12.2. The van der Waals surface area contributed by atoms with Crippen LogP contribution in [0.2, 0.25) is 10.0 Å². The summed E-state index contributed by atoms with van der Waals surface area (Å²) in [6, 6.07) is 20.8. The lowest BCUT2D eigenvalue weighted by Crippen LogP contribution is -2.25. The van der Waals surface area contributed by atoms with E-state index >= 15 is 0 Å². The maximum absolute atomic E-state index is 14.2. The van der Waals surface area contributed by atoms with Gasteiger partial charge in [-0.25, -0.2) is 0 Å². The monoisotopic (exact) mass is 641 g/mol. The Hall–Kier alpha value is -3.26. The maximum atomic E-state index is 14.2. The molecule has 0 bridgehead atoms. The van der Waals surface area contributed by atoms with Gasteiger partial charge in [0.15, 0.2) is 0 Å². The minimum Gasteiger partial charge on any atom is -0.321 e. The smallest absolute Gasteiger partial charge is 0.321 e. The first-order chi connectivity index (χ1) is 21.1. The number of nitrogens with one attached hydrogen (secondary N) is 2. The molecular weight excluding hydrogens is 606 g/mol. The van der Waals surface area contributed by atoms with Gasteiger partial charge in [0.25, 0.3) is 5.91 Å². The molecule has 1 aliphatic carbocycles. The third-order valence-corrected chi connectivity index (χ3v) is 8.58. The number of benzene rings is 3. The van der Waals surface area contributed by atoms with Crippen LogP contribution in [0.5, 0.6) is 0 Å². The molecular formula is C35H36Cl2F3N3O. The fraction of sp³-hybridized carbons (Fsp3) is 0.343. The number of carbonyl (C=O) groups excluding carboxylic acids is 1. The average molecular weight is 643 g/mol. The Kier molecular flexibility index (Phi) is 10.1. The summed E-state index contributed by atoms with van der Waals surface area (Å²) in [5.74, 6) is -0.0198. The number of unbranched alkanes of at least 4 members (excludes halogenated alkanes) is 1. The third kappa shape index (κ3) is 7.51. The molecule has 1 fully saturated rings. The quantitative estimate of drug-likeness (QED) is 0.162. The van der Waals surface area contributed by atoms with Crippen LogP contribution < -0.4 is 10.6 Å². The number of alkyl halides is 3. The van der Waals surface area contributed by atoms with E-state index in [4.69, 9.17) is 23.2 Å². The van der Waals surface area contributed by atoms with Crippen molar-refractivity contribution in [2.75, 3.05) is 11.9 Å². The molecule has 3 aromatic carbocycles. The summed E-state index contributed by atoms with van der Waals surface area (Å²) in [5.41, 5.74) is 2.88. The highest BCUT2D eigenvalue weighted by Gasteiger charge is 2.37. The zero-order valence-electron chi connectivity index (χ0n) is 24.8. The summed E-state index contributed by atoms with van der Waals surface area (Å²) in [5, 5.41) is 7.53. The van der Waals surface area contributed by atoms with Crippen LogP contribution in [0.3, 0.4) is 0 Å². The number of amides is 1. The van der Waals surface area contributed by atoms with Gasteiger partial charge in [0.1, 0.15) is 5.69 Å². The molecule has 1 aliphatic rings. The minimum absolute atomic E-state index is 0.0470. The second kappa shape index (κ2) is 13.8. The zero-order valence-corrected chi connectivity index (χ0v) is 26.3. The third-order valence-electron chi connectivity index (χ3n) is 8.02. The van der Waals surface area contributed by atoms with Gasteiger partial charge < -0.3 is 15.2 Å². The van der Waals surface area contributed by atoms with Crippen LogP contribution >= 0.6 is 23.2 Å². The highest BCUT2D eigenvalue weighted by atomic mass is 35.5. The maximum Gasteiger partial charge on any atom is 0.418 e. The number of halogens is 5. The van der Waals surface area contributed by atoms with E-state index in [1.165, 1.54) is 17.4 Å². The normalized spacial score (nSPS) is 14.1. The molecule has 1 atom stereocenters. The lowest BCUT2D eigenvalue weighted by molar-refractivity contribution is -0.138. The highest BCUT2D eigenvalue weighted by molar-refractivity contribution is 6.35. The summed E-state index contributed by atoms with van der Waals surface area (Å²) in [4.78, 5) is 13.8. The molecule has 1 heterocycles. The van der Waals surface area contributed by atoms with E-state index in [2.05, 4.69) is 17.6 Å². The lowest BCUT2D eigenvalue weighted by Gasteiger charge is -2.22. The molecule has 232 valence electrons. The minimum atomic E-state index is -4.61. The summed E-state index contributed by atoms with van der Waals surface area (Å²) in [6.45, 7) is 4.57. The largest absolute Gasteiger partial charge is 0.418 e. The van der Waals surface area contributed by atoms with Gasteiger partial charge in [-0.05, 0) is 104 Å². The van der Waals surface area contributed by atoms with Crippen molar-refractivity contribution in [3.63, 3.8) is 0 Å². The Morgan fingerprint density at radius 1 is 1.00 bits per heavy atom. The van der Waals surface area contributed by atoms with Crippen LogP contribution in [0.1, 0.15) is 84.0 Å². The van der Waals surface area contributed by atoms with E-state index in [1.54, 1.807) is 31.2 Å². The fourth-order valence-corrected chi connectivity index (χ4v) is 6.10. The van der Waals surface area contributed by atoms with Crippen molar-refractivity contribution >= 4 is 34.8 Å². The van der Waals surface area contributed by atoms with Gasteiger partial charge in [0.05, 0.1) is 11.6 Å². The van der Waals surface area contributed by atoms with E-state index in [9.17, 15) is 18.0 Å². The molecule has 44 heavy (non-hydrogen) atoms. The van der Waals surface area contributed by atoms with Gasteiger partial charge in [0, 0.05) is 27.1 Å². The topological polar surface area (TPSA) is 46.1 Å². The molecule has 5 rings (SSSR count). The molecule has 1 aromatic heterocycles. The highest BCUT2D eigenvalue weighted by Crippen LogP contribution is 2.37. The molecule has 2 N–H and O–H groups in total. The Balaban J connectivity index is 1.50. The zero-order chi connectivity index (χ0) is 31.4. The molecule has 1 amide bonds. The van der Waals surface area contributed by atoms with E-state index in [-0.39, 0.29) is 23.9 Å². The number of aromatic nitrogens is 1. The van der Waals surface area contributed by atoms with Gasteiger partial charge in [-0.15, -0.1) is 0 Å². The van der Waals surface area contributed by atoms with Gasteiger partial charge >= 0.3 is 6.18 Å². The number of hydrogen-bond donors (Lipinski definition) is 2. The summed E-state index contributed by atoms with van der Waals surface area (Å²) < 4.78 is 44.1. The van der Waals surface area contributed by atoms with Crippen molar-refractivity contribution in [3.05, 3.63) is 116 Å². The van der Waals surface area contributed by atoms with Crippen molar-refractivity contribution in [3.8, 4) is 5.69 Å². The van der Waals surface area contributed by atoms with Crippen LogP contribution in [0.4, 0.5) is 18.9 Å². The molecule has 9 heteroatoms. The Morgan fingerprint density at radius 2 is 1.77 bits per heavy atom. The van der Waals surface area contributed by atoms with Gasteiger partial charge in [-0.1, -0.05) is 73.8 Å². The van der Waals surface area contributed by atoms with Crippen molar-refractivity contribution in [2.45, 2.75) is 64.6 Å². The summed E-state index contributed by atoms with van der Waals surface area (Å²) in [7, 11) is 0. The van der Waals surface area contributed by atoms with E-state index in [0.29, 0.717) is 27.3 Å². The fourth-order valence-electron chi connectivity index (χ4n) is 5.58. The molecule has 1 unspecified atom stereocenters. The number of aryl methyl sites for hydroxylation is 1. The molecule has 0 aliphatic heterocycles. The first-order valence-corrected chi connectivity index (χ1v) is 15.8. The Morgan fingerprint density at radius 3 is 2.45 bits per heavy atom. The van der Waals surface area contributed by atoms with E-state index in [1.807, 2.05) is 42.5 Å². The average Bonchev–Trinajstić information content (AvgIpc) is 3.73. The van der Waals surface area contributed by atoms with Gasteiger partial charge in [0.2, 0.25) is 0 Å². The number of rotatable bonds is 12. The van der Waals surface area contributed by atoms with E-state index in [0.717, 1.165) is 48.6 Å². The molecule has 1 saturated carbocycles. The van der Waals surface area contributed by atoms with Crippen molar-refractivity contribution in [1.29, 1.82) is 0 Å². The lowest BCUT2D eigenvalue weighted by atomic mass is 9.97. The summed E-state index contributed by atoms with van der Waals surface area (Å²) >= 11 is 12.8. The van der Waals surface area contributed by atoms with Crippen molar-refractivity contribution < 1.29 is 18.0 Å². The Labute approximate surface area is 266 Å². The van der Waals surface area contributed by atoms with Crippen molar-refractivity contribution in [1.82, 2.24) is 9.88 Å². The molecule has 0 radical (unpaired) electrons. The SMILES string of the molecule is CCCCc1cccc(-n2c(C(=O)Nc3cccc(C(NCC4CC4)c4ccc(Cl)cc4Cl)c3)cc(C(F)(F)F)c2CC)c1.